The lowest BCUT2D eigenvalue weighted by molar-refractivity contribution is -0.150. The van der Waals surface area contributed by atoms with Gasteiger partial charge >= 0.3 is 6.18 Å². The van der Waals surface area contributed by atoms with E-state index >= 15 is 0 Å². The fraction of sp³-hybridized carbons (Fsp3) is 0.286. The predicted molar refractivity (Wildman–Crippen MR) is 45.3 cm³/mol. The van der Waals surface area contributed by atoms with Crippen molar-refractivity contribution < 1.29 is 13.2 Å². The molecule has 0 saturated carbocycles. The van der Waals surface area contributed by atoms with Crippen LogP contribution >= 0.6 is 11.8 Å². The van der Waals surface area contributed by atoms with Gasteiger partial charge in [0.05, 0.1) is 5.70 Å². The Morgan fingerprint density at radius 2 is 2.21 bits per heavy atom. The Bertz CT molecular complexity index is 345. The van der Waals surface area contributed by atoms with Gasteiger partial charge in [0.2, 0.25) is 6.17 Å². The minimum atomic E-state index is -4.40. The van der Waals surface area contributed by atoms with Crippen LogP contribution in [0.4, 0.5) is 13.2 Å². The molecule has 1 unspecified atom stereocenters. The Morgan fingerprint density at radius 3 is 2.79 bits per heavy atom. The summed E-state index contributed by atoms with van der Waals surface area (Å²) in [6, 6.07) is 0. The van der Waals surface area contributed by atoms with Gasteiger partial charge < -0.3 is 5.32 Å². The first-order chi connectivity index (χ1) is 6.48. The van der Waals surface area contributed by atoms with E-state index in [1.165, 1.54) is 18.4 Å². The van der Waals surface area contributed by atoms with Crippen molar-refractivity contribution >= 4 is 17.6 Å². The van der Waals surface area contributed by atoms with Gasteiger partial charge in [-0.3, -0.25) is 0 Å². The van der Waals surface area contributed by atoms with Crippen LogP contribution in [0.5, 0.6) is 0 Å². The Balaban J connectivity index is 2.28. The third-order valence-electron chi connectivity index (χ3n) is 1.78. The van der Waals surface area contributed by atoms with Crippen molar-refractivity contribution in [2.45, 2.75) is 12.3 Å². The molecule has 2 aliphatic heterocycles. The SMILES string of the molecule is FC(F)(F)C1N=C2C(=CC=CN2Cl)N1. The quantitative estimate of drug-likeness (QED) is 0.634. The highest BCUT2D eigenvalue weighted by molar-refractivity contribution is 6.26. The minimum absolute atomic E-state index is 0.0940. The molecule has 14 heavy (non-hydrogen) atoms. The smallest absolute Gasteiger partial charge is 0.353 e. The molecule has 0 bridgehead atoms. The molecule has 0 fully saturated rings. The highest BCUT2D eigenvalue weighted by Gasteiger charge is 2.44. The second-order valence-corrected chi connectivity index (χ2v) is 3.14. The maximum atomic E-state index is 12.2. The van der Waals surface area contributed by atoms with Gasteiger partial charge in [0.15, 0.2) is 5.84 Å². The van der Waals surface area contributed by atoms with Crippen molar-refractivity contribution in [3.63, 3.8) is 0 Å². The second-order valence-electron chi connectivity index (χ2n) is 2.77. The summed E-state index contributed by atoms with van der Waals surface area (Å²) >= 11 is 5.60. The average molecular weight is 224 g/mol. The van der Waals surface area contributed by atoms with Crippen molar-refractivity contribution in [2.75, 3.05) is 0 Å². The van der Waals surface area contributed by atoms with Crippen molar-refractivity contribution in [1.82, 2.24) is 9.74 Å². The molecule has 0 aromatic heterocycles. The van der Waals surface area contributed by atoms with E-state index in [1.807, 2.05) is 0 Å². The molecule has 0 aliphatic carbocycles. The van der Waals surface area contributed by atoms with Gasteiger partial charge in [-0.1, -0.05) is 0 Å². The molecule has 1 atom stereocenters. The van der Waals surface area contributed by atoms with Crippen LogP contribution in [-0.4, -0.2) is 22.6 Å². The summed E-state index contributed by atoms with van der Waals surface area (Å²) in [5.41, 5.74) is 0.282. The zero-order chi connectivity index (χ0) is 10.3. The summed E-state index contributed by atoms with van der Waals surface area (Å²) in [7, 11) is 0. The first-order valence-corrected chi connectivity index (χ1v) is 4.07. The van der Waals surface area contributed by atoms with Crippen molar-refractivity contribution in [3.8, 4) is 0 Å². The zero-order valence-corrected chi connectivity index (χ0v) is 7.47. The van der Waals surface area contributed by atoms with Gasteiger partial charge in [-0.05, 0) is 12.2 Å². The van der Waals surface area contributed by atoms with Crippen molar-refractivity contribution in [3.05, 3.63) is 24.0 Å². The molecule has 2 aliphatic rings. The van der Waals surface area contributed by atoms with Crippen molar-refractivity contribution in [2.24, 2.45) is 4.99 Å². The van der Waals surface area contributed by atoms with E-state index in [2.05, 4.69) is 10.3 Å². The van der Waals surface area contributed by atoms with E-state index in [0.717, 1.165) is 4.42 Å². The van der Waals surface area contributed by atoms with E-state index in [4.69, 9.17) is 11.8 Å². The number of alkyl halides is 3. The number of rotatable bonds is 0. The molecule has 1 N–H and O–H groups in total. The molecule has 76 valence electrons. The average Bonchev–Trinajstić information content (AvgIpc) is 2.48. The Hall–Kier alpha value is -1.17. The van der Waals surface area contributed by atoms with E-state index in [-0.39, 0.29) is 11.5 Å². The van der Waals surface area contributed by atoms with Crippen LogP contribution in [0.15, 0.2) is 29.0 Å². The van der Waals surface area contributed by atoms with E-state index < -0.39 is 12.3 Å². The van der Waals surface area contributed by atoms with E-state index in [0.29, 0.717) is 0 Å². The molecule has 2 rings (SSSR count). The Morgan fingerprint density at radius 1 is 1.50 bits per heavy atom. The predicted octanol–water partition coefficient (Wildman–Crippen LogP) is 1.74. The molecule has 3 nitrogen and oxygen atoms in total. The lowest BCUT2D eigenvalue weighted by atomic mass is 10.3. The summed E-state index contributed by atoms with van der Waals surface area (Å²) < 4.78 is 37.8. The molecule has 0 saturated heterocycles. The number of nitrogens with zero attached hydrogens (tertiary/aromatic N) is 2. The molecule has 7 heteroatoms. The first-order valence-electron chi connectivity index (χ1n) is 3.73. The number of amidine groups is 1. The van der Waals surface area contributed by atoms with Gasteiger partial charge in [-0.15, -0.1) is 0 Å². The summed E-state index contributed by atoms with van der Waals surface area (Å²) in [4.78, 5) is 3.42. The topological polar surface area (TPSA) is 27.6 Å². The third kappa shape index (κ3) is 1.45. The third-order valence-corrected chi connectivity index (χ3v) is 2.05. The second kappa shape index (κ2) is 2.91. The number of fused-ring (bicyclic) bond motifs is 1. The van der Waals surface area contributed by atoms with Crippen LogP contribution in [0, 0.1) is 0 Å². The maximum absolute atomic E-state index is 12.2. The van der Waals surface area contributed by atoms with Crippen LogP contribution in [0.1, 0.15) is 0 Å². The Kier molecular flexibility index (Phi) is 1.95. The summed E-state index contributed by atoms with van der Waals surface area (Å²) in [5, 5.41) is 2.22. The maximum Gasteiger partial charge on any atom is 0.429 e. The molecule has 2 heterocycles. The summed E-state index contributed by atoms with van der Waals surface area (Å²) in [6.07, 6.45) is -1.85. The first kappa shape index (κ1) is 9.39. The molecule has 0 aromatic rings. The lowest BCUT2D eigenvalue weighted by Crippen LogP contribution is -2.36. The van der Waals surface area contributed by atoms with Gasteiger partial charge in [-0.2, -0.15) is 13.2 Å². The fourth-order valence-corrected chi connectivity index (χ4v) is 1.37. The molecule has 0 spiro atoms. The Labute approximate surface area is 82.7 Å². The normalized spacial score (nSPS) is 25.4. The number of hydrogen-bond donors (Lipinski definition) is 1. The van der Waals surface area contributed by atoms with Crippen LogP contribution in [0.2, 0.25) is 0 Å². The van der Waals surface area contributed by atoms with Gasteiger partial charge in [0.1, 0.15) is 0 Å². The number of allylic oxidation sites excluding steroid dienone is 2. The van der Waals surface area contributed by atoms with E-state index in [1.54, 1.807) is 0 Å². The number of halogens is 4. The van der Waals surface area contributed by atoms with Gasteiger partial charge in [-0.25, -0.2) is 9.41 Å². The molecule has 0 amide bonds. The summed E-state index contributed by atoms with van der Waals surface area (Å²) in [6.45, 7) is 0. The number of nitrogens with one attached hydrogen (secondary N) is 1. The van der Waals surface area contributed by atoms with Crippen LogP contribution in [-0.2, 0) is 0 Å². The monoisotopic (exact) mass is 223 g/mol. The summed E-state index contributed by atoms with van der Waals surface area (Å²) in [5.74, 6) is 0.0940. The van der Waals surface area contributed by atoms with Crippen LogP contribution < -0.4 is 5.32 Å². The standard InChI is InChI=1S/C7H5ClF3N3/c8-14-3-1-2-4-5(14)13-6(12-4)7(9,10)11/h1-3,6,12H. The minimum Gasteiger partial charge on any atom is -0.353 e. The fourth-order valence-electron chi connectivity index (χ4n) is 1.17. The highest BCUT2D eigenvalue weighted by Crippen LogP contribution is 2.28. The molecular weight excluding hydrogens is 219 g/mol. The number of hydrogen-bond acceptors (Lipinski definition) is 3. The molecule has 0 aromatic carbocycles. The molecule has 0 radical (unpaired) electrons. The van der Waals surface area contributed by atoms with Crippen LogP contribution in [0.3, 0.4) is 0 Å². The van der Waals surface area contributed by atoms with Crippen molar-refractivity contribution in [1.29, 1.82) is 0 Å². The van der Waals surface area contributed by atoms with Gasteiger partial charge in [0, 0.05) is 18.0 Å². The number of aliphatic imine (C=N–C) groups is 1. The zero-order valence-electron chi connectivity index (χ0n) is 6.72. The molecular formula is C7H5ClF3N3. The lowest BCUT2D eigenvalue weighted by Gasteiger charge is -2.14. The van der Waals surface area contributed by atoms with Crippen LogP contribution in [0.25, 0.3) is 0 Å². The largest absolute Gasteiger partial charge is 0.429 e. The van der Waals surface area contributed by atoms with E-state index in [9.17, 15) is 13.2 Å². The highest BCUT2D eigenvalue weighted by atomic mass is 35.5. The van der Waals surface area contributed by atoms with Gasteiger partial charge in [0.25, 0.3) is 0 Å².